The van der Waals surface area contributed by atoms with Gasteiger partial charge in [0.1, 0.15) is 11.9 Å². The van der Waals surface area contributed by atoms with E-state index in [2.05, 4.69) is 19.9 Å². The number of rotatable bonds is 1. The first-order valence-electron chi connectivity index (χ1n) is 6.88. The van der Waals surface area contributed by atoms with E-state index in [1.807, 2.05) is 23.1 Å². The lowest BCUT2D eigenvalue weighted by Gasteiger charge is -2.25. The van der Waals surface area contributed by atoms with Crippen LogP contribution in [0.1, 0.15) is 36.2 Å². The Kier molecular flexibility index (Phi) is 3.05. The van der Waals surface area contributed by atoms with Crippen molar-refractivity contribution in [3.63, 3.8) is 0 Å². The fourth-order valence-electron chi connectivity index (χ4n) is 2.69. The van der Waals surface area contributed by atoms with Gasteiger partial charge in [-0.1, -0.05) is 11.6 Å². The van der Waals surface area contributed by atoms with E-state index in [-0.39, 0.29) is 12.0 Å². The third kappa shape index (κ3) is 2.37. The Bertz CT molecular complexity index is 548. The Labute approximate surface area is 113 Å². The molecule has 2 heterocycles. The largest absolute Gasteiger partial charge is 0.490 e. The van der Waals surface area contributed by atoms with Gasteiger partial charge < -0.3 is 9.64 Å². The summed E-state index contributed by atoms with van der Waals surface area (Å²) in [4.78, 5) is 14.4. The molecule has 0 aromatic heterocycles. The number of amides is 1. The zero-order valence-electron chi connectivity index (χ0n) is 11.5. The molecular weight excluding hydrogens is 238 g/mol. The summed E-state index contributed by atoms with van der Waals surface area (Å²) in [6, 6.07) is 5.80. The summed E-state index contributed by atoms with van der Waals surface area (Å²) in [6.45, 7) is 5.73. The van der Waals surface area contributed by atoms with Crippen molar-refractivity contribution >= 4 is 5.91 Å². The van der Waals surface area contributed by atoms with Crippen LogP contribution in [-0.4, -0.2) is 30.0 Å². The van der Waals surface area contributed by atoms with Crippen LogP contribution >= 0.6 is 0 Å². The van der Waals surface area contributed by atoms with Crippen molar-refractivity contribution < 1.29 is 9.53 Å². The molecule has 0 bridgehead atoms. The van der Waals surface area contributed by atoms with Gasteiger partial charge >= 0.3 is 0 Å². The van der Waals surface area contributed by atoms with Crippen LogP contribution in [0.4, 0.5) is 0 Å². The van der Waals surface area contributed by atoms with Crippen LogP contribution in [0.2, 0.25) is 0 Å². The van der Waals surface area contributed by atoms with E-state index in [0.29, 0.717) is 0 Å². The van der Waals surface area contributed by atoms with E-state index < -0.39 is 0 Å². The molecule has 0 N–H and O–H groups in total. The molecule has 0 saturated heterocycles. The lowest BCUT2D eigenvalue weighted by Crippen LogP contribution is -2.34. The van der Waals surface area contributed by atoms with Crippen LogP contribution < -0.4 is 4.74 Å². The van der Waals surface area contributed by atoms with Gasteiger partial charge in [0.2, 0.25) is 0 Å². The summed E-state index contributed by atoms with van der Waals surface area (Å²) < 4.78 is 5.67. The number of benzene rings is 1. The molecule has 0 radical (unpaired) electrons. The van der Waals surface area contributed by atoms with Gasteiger partial charge in [0.25, 0.3) is 5.91 Å². The second-order valence-electron chi connectivity index (χ2n) is 5.51. The monoisotopic (exact) mass is 257 g/mol. The van der Waals surface area contributed by atoms with Crippen molar-refractivity contribution in [3.8, 4) is 5.75 Å². The van der Waals surface area contributed by atoms with Crippen LogP contribution in [0.15, 0.2) is 29.8 Å². The van der Waals surface area contributed by atoms with Crippen LogP contribution in [0.25, 0.3) is 0 Å². The summed E-state index contributed by atoms with van der Waals surface area (Å²) in [5.74, 6) is 1.06. The highest BCUT2D eigenvalue weighted by Gasteiger charge is 2.22. The molecule has 19 heavy (non-hydrogen) atoms. The molecule has 3 nitrogen and oxygen atoms in total. The Morgan fingerprint density at radius 2 is 2.26 bits per heavy atom. The third-order valence-electron chi connectivity index (χ3n) is 3.87. The molecule has 1 amide bonds. The van der Waals surface area contributed by atoms with E-state index >= 15 is 0 Å². The number of carbonyl (C=O) groups is 1. The van der Waals surface area contributed by atoms with Crippen molar-refractivity contribution in [2.45, 2.75) is 32.8 Å². The molecule has 3 heteroatoms. The topological polar surface area (TPSA) is 29.5 Å². The Balaban J connectivity index is 1.80. The predicted molar refractivity (Wildman–Crippen MR) is 74.5 cm³/mol. The normalized spacial score (nSPS) is 21.7. The van der Waals surface area contributed by atoms with Gasteiger partial charge in [-0.05, 0) is 44.0 Å². The fraction of sp³-hybridized carbons (Fsp3) is 0.438. The summed E-state index contributed by atoms with van der Waals surface area (Å²) >= 11 is 0. The standard InChI is InChI=1S/C16H19NO2/c1-11-5-7-17(8-6-11)16(18)13-3-4-15-14(10-13)9-12(2)19-15/h3-5,10,12H,6-9H2,1-2H3/t12-/m0/s1. The van der Waals surface area contributed by atoms with E-state index in [1.165, 1.54) is 5.57 Å². The second-order valence-corrected chi connectivity index (χ2v) is 5.51. The van der Waals surface area contributed by atoms with E-state index in [4.69, 9.17) is 4.74 Å². The molecule has 1 aromatic carbocycles. The molecule has 2 aliphatic rings. The van der Waals surface area contributed by atoms with Crippen LogP contribution in [-0.2, 0) is 6.42 Å². The van der Waals surface area contributed by atoms with Crippen molar-refractivity contribution in [2.75, 3.05) is 13.1 Å². The Morgan fingerprint density at radius 3 is 3.00 bits per heavy atom. The van der Waals surface area contributed by atoms with E-state index in [0.717, 1.165) is 42.8 Å². The molecule has 0 unspecified atom stereocenters. The van der Waals surface area contributed by atoms with Crippen molar-refractivity contribution in [1.29, 1.82) is 0 Å². The maximum atomic E-state index is 12.4. The number of hydrogen-bond acceptors (Lipinski definition) is 2. The van der Waals surface area contributed by atoms with Crippen LogP contribution in [0.5, 0.6) is 5.75 Å². The molecule has 0 aliphatic carbocycles. The smallest absolute Gasteiger partial charge is 0.254 e. The molecular formula is C16H19NO2. The first-order chi connectivity index (χ1) is 9.13. The zero-order valence-corrected chi connectivity index (χ0v) is 11.5. The van der Waals surface area contributed by atoms with Gasteiger partial charge in [-0.3, -0.25) is 4.79 Å². The number of nitrogens with zero attached hydrogens (tertiary/aromatic N) is 1. The number of ether oxygens (including phenoxy) is 1. The predicted octanol–water partition coefficient (Wildman–Crippen LogP) is 2.80. The number of hydrogen-bond donors (Lipinski definition) is 0. The Morgan fingerprint density at radius 1 is 1.42 bits per heavy atom. The fourth-order valence-corrected chi connectivity index (χ4v) is 2.69. The summed E-state index contributed by atoms with van der Waals surface area (Å²) in [5.41, 5.74) is 3.31. The highest BCUT2D eigenvalue weighted by molar-refractivity contribution is 5.95. The molecule has 0 fully saturated rings. The summed E-state index contributed by atoms with van der Waals surface area (Å²) in [5, 5.41) is 0. The molecule has 100 valence electrons. The van der Waals surface area contributed by atoms with Crippen molar-refractivity contribution in [2.24, 2.45) is 0 Å². The van der Waals surface area contributed by atoms with E-state index in [1.54, 1.807) is 0 Å². The third-order valence-corrected chi connectivity index (χ3v) is 3.87. The molecule has 0 saturated carbocycles. The van der Waals surface area contributed by atoms with Gasteiger partial charge in [0.15, 0.2) is 0 Å². The highest BCUT2D eigenvalue weighted by Crippen LogP contribution is 2.29. The SMILES string of the molecule is CC1=CCN(C(=O)c2ccc3c(c2)C[C@H](C)O3)CC1. The van der Waals surface area contributed by atoms with Gasteiger partial charge in [0.05, 0.1) is 0 Å². The van der Waals surface area contributed by atoms with E-state index in [9.17, 15) is 4.79 Å². The summed E-state index contributed by atoms with van der Waals surface area (Å²) in [7, 11) is 0. The summed E-state index contributed by atoms with van der Waals surface area (Å²) in [6.07, 6.45) is 4.24. The highest BCUT2D eigenvalue weighted by atomic mass is 16.5. The maximum Gasteiger partial charge on any atom is 0.254 e. The van der Waals surface area contributed by atoms with Gasteiger partial charge in [0, 0.05) is 25.1 Å². The van der Waals surface area contributed by atoms with Crippen LogP contribution in [0.3, 0.4) is 0 Å². The van der Waals surface area contributed by atoms with Gasteiger partial charge in [-0.2, -0.15) is 0 Å². The van der Waals surface area contributed by atoms with Crippen molar-refractivity contribution in [3.05, 3.63) is 41.0 Å². The van der Waals surface area contributed by atoms with Gasteiger partial charge in [-0.25, -0.2) is 0 Å². The lowest BCUT2D eigenvalue weighted by atomic mass is 10.0. The Hall–Kier alpha value is -1.77. The number of fused-ring (bicyclic) bond motifs is 1. The lowest BCUT2D eigenvalue weighted by molar-refractivity contribution is 0.0769. The average Bonchev–Trinajstić information content (AvgIpc) is 2.77. The minimum atomic E-state index is 0.131. The number of carbonyl (C=O) groups excluding carboxylic acids is 1. The maximum absolute atomic E-state index is 12.4. The van der Waals surface area contributed by atoms with Crippen molar-refractivity contribution in [1.82, 2.24) is 4.90 Å². The first-order valence-corrected chi connectivity index (χ1v) is 6.88. The quantitative estimate of drug-likeness (QED) is 0.724. The van der Waals surface area contributed by atoms with Crippen LogP contribution in [0, 0.1) is 0 Å². The first kappa shape index (κ1) is 12.3. The average molecular weight is 257 g/mol. The molecule has 1 aromatic rings. The molecule has 2 aliphatic heterocycles. The minimum absolute atomic E-state index is 0.131. The molecule has 1 atom stereocenters. The molecule has 0 spiro atoms. The zero-order chi connectivity index (χ0) is 13.4. The molecule has 3 rings (SSSR count). The van der Waals surface area contributed by atoms with Gasteiger partial charge in [-0.15, -0.1) is 0 Å². The second kappa shape index (κ2) is 4.72. The minimum Gasteiger partial charge on any atom is -0.490 e.